The second-order valence-electron chi connectivity index (χ2n) is 7.17. The topological polar surface area (TPSA) is 95.7 Å². The lowest BCUT2D eigenvalue weighted by molar-refractivity contribution is -0.138. The Kier molecular flexibility index (Phi) is 5.98. The van der Waals surface area contributed by atoms with Crippen molar-refractivity contribution in [2.24, 2.45) is 17.6 Å². The first-order valence-electron chi connectivity index (χ1n) is 8.85. The zero-order valence-corrected chi connectivity index (χ0v) is 15.0. The summed E-state index contributed by atoms with van der Waals surface area (Å²) in [7, 11) is 3.42. The lowest BCUT2D eigenvalue weighted by Gasteiger charge is -2.38. The van der Waals surface area contributed by atoms with Crippen molar-refractivity contribution in [3.8, 4) is 0 Å². The highest BCUT2D eigenvalue weighted by Gasteiger charge is 2.56. The van der Waals surface area contributed by atoms with Gasteiger partial charge in [-0.25, -0.2) is 4.79 Å². The molecule has 1 heterocycles. The van der Waals surface area contributed by atoms with Crippen LogP contribution in [0.2, 0.25) is 0 Å². The SMILES string of the molecule is CNCC(CN)C(=O)CN1C(=O)N(C)C(C)(C2CCCCC2)C1=O. The Hall–Kier alpha value is -1.47. The molecule has 3 amide bonds. The van der Waals surface area contributed by atoms with Crippen molar-refractivity contribution in [3.05, 3.63) is 0 Å². The minimum Gasteiger partial charge on any atom is -0.330 e. The molecule has 1 aliphatic carbocycles. The number of amides is 3. The smallest absolute Gasteiger partial charge is 0.327 e. The van der Waals surface area contributed by atoms with Crippen LogP contribution in [0.3, 0.4) is 0 Å². The number of hydrogen-bond acceptors (Lipinski definition) is 5. The molecule has 1 saturated heterocycles. The number of ketones is 1. The first-order valence-corrected chi connectivity index (χ1v) is 8.85. The highest BCUT2D eigenvalue weighted by Crippen LogP contribution is 2.40. The number of nitrogens with two attached hydrogens (primary N) is 1. The molecule has 0 aromatic carbocycles. The third kappa shape index (κ3) is 3.19. The van der Waals surface area contributed by atoms with Crippen LogP contribution in [0.25, 0.3) is 0 Å². The van der Waals surface area contributed by atoms with Crippen LogP contribution in [-0.4, -0.2) is 66.8 Å². The number of rotatable bonds is 7. The summed E-state index contributed by atoms with van der Waals surface area (Å²) in [6, 6.07) is -0.373. The number of nitrogens with zero attached hydrogens (tertiary/aromatic N) is 2. The van der Waals surface area contributed by atoms with Gasteiger partial charge in [-0.2, -0.15) is 0 Å². The summed E-state index contributed by atoms with van der Waals surface area (Å²) in [6.45, 7) is 2.31. The van der Waals surface area contributed by atoms with Crippen LogP contribution in [0, 0.1) is 11.8 Å². The van der Waals surface area contributed by atoms with Gasteiger partial charge in [-0.3, -0.25) is 14.5 Å². The Balaban J connectivity index is 2.16. The Labute approximate surface area is 143 Å². The van der Waals surface area contributed by atoms with E-state index in [0.717, 1.165) is 30.6 Å². The molecule has 2 fully saturated rings. The average Bonchev–Trinajstić information content (AvgIpc) is 2.76. The normalized spacial score (nSPS) is 27.0. The van der Waals surface area contributed by atoms with E-state index in [1.807, 2.05) is 6.92 Å². The van der Waals surface area contributed by atoms with Crippen molar-refractivity contribution < 1.29 is 14.4 Å². The fourth-order valence-corrected chi connectivity index (χ4v) is 4.00. The van der Waals surface area contributed by atoms with Crippen LogP contribution in [0.4, 0.5) is 4.79 Å². The molecular formula is C17H30N4O3. The number of Topliss-reactive ketones (excluding diaryl/α,β-unsaturated/α-hetero) is 1. The van der Waals surface area contributed by atoms with Gasteiger partial charge in [0.05, 0.1) is 6.54 Å². The maximum Gasteiger partial charge on any atom is 0.327 e. The molecule has 2 aliphatic rings. The Bertz CT molecular complexity index is 504. The monoisotopic (exact) mass is 338 g/mol. The lowest BCUT2D eigenvalue weighted by Crippen LogP contribution is -2.52. The molecular weight excluding hydrogens is 308 g/mol. The summed E-state index contributed by atoms with van der Waals surface area (Å²) in [5, 5.41) is 2.92. The van der Waals surface area contributed by atoms with Crippen LogP contribution >= 0.6 is 0 Å². The van der Waals surface area contributed by atoms with Crippen molar-refractivity contribution in [1.29, 1.82) is 0 Å². The molecule has 24 heavy (non-hydrogen) atoms. The predicted octanol–water partition coefficient (Wildman–Crippen LogP) is 0.583. The second kappa shape index (κ2) is 7.61. The molecule has 2 unspecified atom stereocenters. The van der Waals surface area contributed by atoms with Gasteiger partial charge in [0.25, 0.3) is 5.91 Å². The van der Waals surface area contributed by atoms with E-state index in [1.165, 1.54) is 11.3 Å². The van der Waals surface area contributed by atoms with Crippen LogP contribution in [0.1, 0.15) is 39.0 Å². The van der Waals surface area contributed by atoms with Gasteiger partial charge in [-0.15, -0.1) is 0 Å². The first kappa shape index (κ1) is 18.9. The van der Waals surface area contributed by atoms with Gasteiger partial charge in [-0.1, -0.05) is 19.3 Å². The molecule has 2 atom stereocenters. The number of carbonyl (C=O) groups is 3. The molecule has 0 aromatic heterocycles. The number of carbonyl (C=O) groups excluding carboxylic acids is 3. The molecule has 136 valence electrons. The van der Waals surface area contributed by atoms with Crippen LogP contribution < -0.4 is 11.1 Å². The van der Waals surface area contributed by atoms with Crippen molar-refractivity contribution in [1.82, 2.24) is 15.1 Å². The summed E-state index contributed by atoms with van der Waals surface area (Å²) in [5.41, 5.74) is 4.81. The lowest BCUT2D eigenvalue weighted by atomic mass is 9.75. The largest absolute Gasteiger partial charge is 0.330 e. The number of nitrogens with one attached hydrogen (secondary N) is 1. The van der Waals surface area contributed by atoms with Gasteiger partial charge in [0.15, 0.2) is 5.78 Å². The standard InChI is InChI=1S/C17H30N4O3/c1-17(13-7-5-4-6-8-13)15(23)21(16(24)20(17)3)11-14(22)12(9-18)10-19-2/h12-13,19H,4-11,18H2,1-3H3. The van der Waals surface area contributed by atoms with Crippen molar-refractivity contribution in [2.45, 2.75) is 44.6 Å². The average molecular weight is 338 g/mol. The molecule has 1 aliphatic heterocycles. The van der Waals surface area contributed by atoms with E-state index in [-0.39, 0.29) is 42.6 Å². The molecule has 0 aromatic rings. The molecule has 0 spiro atoms. The summed E-state index contributed by atoms with van der Waals surface area (Å²) >= 11 is 0. The molecule has 0 radical (unpaired) electrons. The zero-order chi connectivity index (χ0) is 17.9. The van der Waals surface area contributed by atoms with E-state index in [9.17, 15) is 14.4 Å². The van der Waals surface area contributed by atoms with E-state index in [0.29, 0.717) is 6.54 Å². The number of likely N-dealkylation sites (N-methyl/N-ethyl adjacent to an activating group) is 1. The van der Waals surface area contributed by atoms with Gasteiger partial charge in [-0.05, 0) is 32.7 Å². The zero-order valence-electron chi connectivity index (χ0n) is 15.0. The third-order valence-electron chi connectivity index (χ3n) is 5.80. The van der Waals surface area contributed by atoms with E-state index in [4.69, 9.17) is 5.73 Å². The summed E-state index contributed by atoms with van der Waals surface area (Å²) in [6.07, 6.45) is 5.26. The molecule has 7 nitrogen and oxygen atoms in total. The molecule has 2 rings (SSSR count). The Morgan fingerprint density at radius 2 is 1.96 bits per heavy atom. The Morgan fingerprint density at radius 1 is 1.33 bits per heavy atom. The third-order valence-corrected chi connectivity index (χ3v) is 5.80. The fraction of sp³-hybridized carbons (Fsp3) is 0.824. The highest BCUT2D eigenvalue weighted by molar-refractivity contribution is 6.09. The number of imide groups is 1. The van der Waals surface area contributed by atoms with Gasteiger partial charge >= 0.3 is 6.03 Å². The van der Waals surface area contributed by atoms with Gasteiger partial charge < -0.3 is 16.0 Å². The van der Waals surface area contributed by atoms with Gasteiger partial charge in [0, 0.05) is 26.1 Å². The molecule has 7 heteroatoms. The van der Waals surface area contributed by atoms with Crippen LogP contribution in [0.5, 0.6) is 0 Å². The fourth-order valence-electron chi connectivity index (χ4n) is 4.00. The minimum atomic E-state index is -0.834. The van der Waals surface area contributed by atoms with E-state index in [1.54, 1.807) is 14.1 Å². The molecule has 3 N–H and O–H groups in total. The minimum absolute atomic E-state index is 0.162. The first-order chi connectivity index (χ1) is 11.4. The van der Waals surface area contributed by atoms with E-state index >= 15 is 0 Å². The number of urea groups is 1. The van der Waals surface area contributed by atoms with E-state index < -0.39 is 5.54 Å². The summed E-state index contributed by atoms with van der Waals surface area (Å²) in [4.78, 5) is 40.7. The highest BCUT2D eigenvalue weighted by atomic mass is 16.2. The van der Waals surface area contributed by atoms with Gasteiger partial charge in [0.2, 0.25) is 0 Å². The van der Waals surface area contributed by atoms with E-state index in [2.05, 4.69) is 5.32 Å². The maximum atomic E-state index is 13.0. The quantitative estimate of drug-likeness (QED) is 0.662. The Morgan fingerprint density at radius 3 is 2.50 bits per heavy atom. The predicted molar refractivity (Wildman–Crippen MR) is 91.3 cm³/mol. The molecule has 1 saturated carbocycles. The second-order valence-corrected chi connectivity index (χ2v) is 7.17. The number of hydrogen-bond donors (Lipinski definition) is 2. The molecule has 0 bridgehead atoms. The van der Waals surface area contributed by atoms with Crippen molar-refractivity contribution >= 4 is 17.7 Å². The van der Waals surface area contributed by atoms with Crippen molar-refractivity contribution in [2.75, 3.05) is 33.7 Å². The summed E-state index contributed by atoms with van der Waals surface area (Å²) < 4.78 is 0. The van der Waals surface area contributed by atoms with Crippen LogP contribution in [-0.2, 0) is 9.59 Å². The van der Waals surface area contributed by atoms with Crippen LogP contribution in [0.15, 0.2) is 0 Å². The van der Waals surface area contributed by atoms with Gasteiger partial charge in [0.1, 0.15) is 5.54 Å². The maximum absolute atomic E-state index is 13.0. The van der Waals surface area contributed by atoms with Crippen molar-refractivity contribution in [3.63, 3.8) is 0 Å². The summed E-state index contributed by atoms with van der Waals surface area (Å²) in [5.74, 6) is -0.636.